The van der Waals surface area contributed by atoms with Crippen molar-refractivity contribution < 1.29 is 14.8 Å². The van der Waals surface area contributed by atoms with Crippen LogP contribution in [-0.2, 0) is 13.0 Å². The van der Waals surface area contributed by atoms with Crippen LogP contribution in [0.3, 0.4) is 0 Å². The molecular formula is C20H22BN5O3. The molecule has 1 atom stereocenters. The van der Waals surface area contributed by atoms with Crippen molar-refractivity contribution in [1.29, 1.82) is 0 Å². The fourth-order valence-corrected chi connectivity index (χ4v) is 3.61. The molecule has 0 bridgehead atoms. The van der Waals surface area contributed by atoms with E-state index in [-0.39, 0.29) is 12.1 Å². The van der Waals surface area contributed by atoms with Gasteiger partial charge >= 0.3 is 13.1 Å². The average Bonchev–Trinajstić information content (AvgIpc) is 3.08. The highest BCUT2D eigenvalue weighted by Crippen LogP contribution is 2.36. The zero-order valence-corrected chi connectivity index (χ0v) is 16.3. The summed E-state index contributed by atoms with van der Waals surface area (Å²) < 4.78 is 5.28. The number of ether oxygens (including phenoxy) is 1. The van der Waals surface area contributed by atoms with Crippen LogP contribution in [-0.4, -0.2) is 45.3 Å². The van der Waals surface area contributed by atoms with E-state index in [0.29, 0.717) is 30.3 Å². The summed E-state index contributed by atoms with van der Waals surface area (Å²) in [6, 6.07) is 15.7. The van der Waals surface area contributed by atoms with Gasteiger partial charge in [-0.25, -0.2) is 0 Å². The normalized spacial score (nSPS) is 15.2. The monoisotopic (exact) mass is 391 g/mol. The lowest BCUT2D eigenvalue weighted by Gasteiger charge is -2.23. The maximum absolute atomic E-state index is 9.70. The van der Waals surface area contributed by atoms with Crippen LogP contribution < -0.4 is 20.4 Å². The number of nitrogens with zero attached hydrogens (tertiary/aromatic N) is 4. The van der Waals surface area contributed by atoms with Gasteiger partial charge in [0.05, 0.1) is 7.11 Å². The number of benzene rings is 2. The maximum atomic E-state index is 9.70. The first-order valence-electron chi connectivity index (χ1n) is 9.42. The average molecular weight is 391 g/mol. The summed E-state index contributed by atoms with van der Waals surface area (Å²) in [7, 11) is -0.00474. The Morgan fingerprint density at radius 1 is 1.10 bits per heavy atom. The Kier molecular flexibility index (Phi) is 5.33. The molecule has 0 radical (unpaired) electrons. The number of hydrogen-bond donors (Lipinski definition) is 3. The van der Waals surface area contributed by atoms with Gasteiger partial charge in [-0.3, -0.25) is 0 Å². The SMILES string of the molecule is COc1nc(NCc2ccccc2)nc(N2c3cccc(B(O)O)c3CC2C)n1. The van der Waals surface area contributed by atoms with Crippen LogP contribution >= 0.6 is 0 Å². The van der Waals surface area contributed by atoms with E-state index in [1.807, 2.05) is 48.2 Å². The fraction of sp³-hybridized carbons (Fsp3) is 0.250. The summed E-state index contributed by atoms with van der Waals surface area (Å²) in [4.78, 5) is 15.3. The van der Waals surface area contributed by atoms with Crippen molar-refractivity contribution in [2.75, 3.05) is 17.3 Å². The maximum Gasteiger partial charge on any atom is 0.488 e. The van der Waals surface area contributed by atoms with Crippen LogP contribution in [0.25, 0.3) is 0 Å². The lowest BCUT2D eigenvalue weighted by Crippen LogP contribution is -2.32. The zero-order chi connectivity index (χ0) is 20.4. The molecule has 1 unspecified atom stereocenters. The van der Waals surface area contributed by atoms with Crippen molar-refractivity contribution in [3.63, 3.8) is 0 Å². The molecule has 1 aliphatic heterocycles. The smallest absolute Gasteiger partial charge is 0.467 e. The summed E-state index contributed by atoms with van der Waals surface area (Å²) in [5, 5.41) is 22.6. The van der Waals surface area contributed by atoms with Crippen LogP contribution in [0, 0.1) is 0 Å². The Morgan fingerprint density at radius 2 is 1.90 bits per heavy atom. The Balaban J connectivity index is 1.68. The van der Waals surface area contributed by atoms with Gasteiger partial charge in [-0.1, -0.05) is 42.5 Å². The Morgan fingerprint density at radius 3 is 2.62 bits per heavy atom. The van der Waals surface area contributed by atoms with Gasteiger partial charge < -0.3 is 25.0 Å². The second-order valence-corrected chi connectivity index (χ2v) is 6.93. The predicted octanol–water partition coefficient (Wildman–Crippen LogP) is 1.25. The van der Waals surface area contributed by atoms with Crippen LogP contribution in [0.1, 0.15) is 18.1 Å². The number of aromatic nitrogens is 3. The van der Waals surface area contributed by atoms with Gasteiger partial charge in [0.1, 0.15) is 0 Å². The van der Waals surface area contributed by atoms with Crippen LogP contribution in [0.4, 0.5) is 17.6 Å². The molecule has 0 amide bonds. The summed E-state index contributed by atoms with van der Waals surface area (Å²) >= 11 is 0. The zero-order valence-electron chi connectivity index (χ0n) is 16.3. The van der Waals surface area contributed by atoms with Crippen molar-refractivity contribution in [2.45, 2.75) is 25.9 Å². The van der Waals surface area contributed by atoms with Gasteiger partial charge in [0, 0.05) is 18.3 Å². The number of rotatable bonds is 6. The molecule has 9 heteroatoms. The molecular weight excluding hydrogens is 369 g/mol. The predicted molar refractivity (Wildman–Crippen MR) is 112 cm³/mol. The highest BCUT2D eigenvalue weighted by atomic mass is 16.5. The number of hydrogen-bond acceptors (Lipinski definition) is 8. The summed E-state index contributed by atoms with van der Waals surface area (Å²) in [6.07, 6.45) is 0.657. The van der Waals surface area contributed by atoms with Gasteiger partial charge in [-0.15, -0.1) is 0 Å². The second-order valence-electron chi connectivity index (χ2n) is 6.93. The van der Waals surface area contributed by atoms with Gasteiger partial charge in [-0.05, 0) is 36.0 Å². The molecule has 0 spiro atoms. The highest BCUT2D eigenvalue weighted by Gasteiger charge is 2.33. The molecule has 1 aromatic heterocycles. The van der Waals surface area contributed by atoms with Crippen molar-refractivity contribution in [3.05, 3.63) is 59.7 Å². The van der Waals surface area contributed by atoms with Crippen LogP contribution in [0.5, 0.6) is 6.01 Å². The topological polar surface area (TPSA) is 104 Å². The van der Waals surface area contributed by atoms with E-state index in [0.717, 1.165) is 16.8 Å². The van der Waals surface area contributed by atoms with Crippen molar-refractivity contribution in [2.24, 2.45) is 0 Å². The molecule has 2 heterocycles. The molecule has 148 valence electrons. The van der Waals surface area contributed by atoms with E-state index >= 15 is 0 Å². The Hall–Kier alpha value is -3.17. The van der Waals surface area contributed by atoms with Gasteiger partial charge in [0.2, 0.25) is 11.9 Å². The number of methoxy groups -OCH3 is 1. The van der Waals surface area contributed by atoms with E-state index in [1.165, 1.54) is 7.11 Å². The van der Waals surface area contributed by atoms with Crippen molar-refractivity contribution in [3.8, 4) is 6.01 Å². The molecule has 2 aromatic carbocycles. The van der Waals surface area contributed by atoms with Crippen LogP contribution in [0.2, 0.25) is 0 Å². The van der Waals surface area contributed by atoms with E-state index in [4.69, 9.17) is 4.74 Å². The van der Waals surface area contributed by atoms with Crippen molar-refractivity contribution in [1.82, 2.24) is 15.0 Å². The lowest BCUT2D eigenvalue weighted by molar-refractivity contribution is 0.379. The third-order valence-corrected chi connectivity index (χ3v) is 4.96. The number of anilines is 3. The molecule has 1 aliphatic rings. The minimum absolute atomic E-state index is 0.0407. The molecule has 4 rings (SSSR count). The van der Waals surface area contributed by atoms with Crippen molar-refractivity contribution >= 4 is 30.2 Å². The fourth-order valence-electron chi connectivity index (χ4n) is 3.61. The molecule has 3 aromatic rings. The van der Waals surface area contributed by atoms with Crippen LogP contribution in [0.15, 0.2) is 48.5 Å². The Bertz CT molecular complexity index is 1000. The van der Waals surface area contributed by atoms with E-state index in [2.05, 4.69) is 20.3 Å². The van der Waals surface area contributed by atoms with E-state index < -0.39 is 7.12 Å². The third-order valence-electron chi connectivity index (χ3n) is 4.96. The van der Waals surface area contributed by atoms with E-state index in [9.17, 15) is 10.0 Å². The molecule has 0 fully saturated rings. The second kappa shape index (κ2) is 8.06. The minimum Gasteiger partial charge on any atom is -0.467 e. The number of nitrogens with one attached hydrogen (secondary N) is 1. The van der Waals surface area contributed by atoms with Gasteiger partial charge in [-0.2, -0.15) is 15.0 Å². The molecule has 0 saturated heterocycles. The molecule has 29 heavy (non-hydrogen) atoms. The quantitative estimate of drug-likeness (QED) is 0.540. The molecule has 0 aliphatic carbocycles. The minimum atomic E-state index is -1.52. The third kappa shape index (κ3) is 3.87. The molecule has 3 N–H and O–H groups in total. The first-order chi connectivity index (χ1) is 14.1. The first-order valence-corrected chi connectivity index (χ1v) is 9.42. The van der Waals surface area contributed by atoms with Gasteiger partial charge in [0.15, 0.2) is 0 Å². The lowest BCUT2D eigenvalue weighted by atomic mass is 9.76. The highest BCUT2D eigenvalue weighted by molar-refractivity contribution is 6.59. The standard InChI is InChI=1S/C20H22BN5O3/c1-13-11-15-16(21(27)28)9-6-10-17(15)26(13)19-23-18(24-20(25-19)29-2)22-12-14-7-4-3-5-8-14/h3-10,13,27-28H,11-12H2,1-2H3,(H,22,23,24,25). The Labute approximate surface area is 169 Å². The largest absolute Gasteiger partial charge is 0.488 e. The van der Waals surface area contributed by atoms with Gasteiger partial charge in [0.25, 0.3) is 0 Å². The summed E-state index contributed by atoms with van der Waals surface area (Å²) in [5.41, 5.74) is 3.34. The summed E-state index contributed by atoms with van der Waals surface area (Å²) in [5.74, 6) is 0.859. The first kappa shape index (κ1) is 19.2. The molecule has 8 nitrogen and oxygen atoms in total. The summed E-state index contributed by atoms with van der Waals surface area (Å²) in [6.45, 7) is 2.61. The number of fused-ring (bicyclic) bond motifs is 1. The van der Waals surface area contributed by atoms with E-state index in [1.54, 1.807) is 12.1 Å². The molecule has 0 saturated carbocycles.